The van der Waals surface area contributed by atoms with E-state index in [0.717, 1.165) is 12.8 Å². The largest absolute Gasteiger partial charge is 0.299 e. The molecule has 0 saturated heterocycles. The van der Waals surface area contributed by atoms with Crippen LogP contribution in [0.5, 0.6) is 0 Å². The molecule has 0 bridgehead atoms. The maximum absolute atomic E-state index is 12.4. The van der Waals surface area contributed by atoms with Crippen molar-refractivity contribution in [1.82, 2.24) is 0 Å². The van der Waals surface area contributed by atoms with E-state index in [9.17, 15) is 4.79 Å². The Labute approximate surface area is 100.0 Å². The zero-order chi connectivity index (χ0) is 11.6. The maximum Gasteiger partial charge on any atom is 0.136 e. The first kappa shape index (κ1) is 12.1. The lowest BCUT2D eigenvalue weighted by Crippen LogP contribution is -2.41. The molecule has 0 aliphatic heterocycles. The number of ketones is 1. The van der Waals surface area contributed by atoms with Gasteiger partial charge in [0, 0.05) is 12.3 Å². The van der Waals surface area contributed by atoms with Gasteiger partial charge in [-0.3, -0.25) is 4.79 Å². The average Bonchev–Trinajstić information content (AvgIpc) is 2.67. The van der Waals surface area contributed by atoms with E-state index in [0.29, 0.717) is 23.0 Å². The Bertz CT molecular complexity index is 250. The molecule has 2 aliphatic carbocycles. The van der Waals surface area contributed by atoms with Crippen molar-refractivity contribution in [3.05, 3.63) is 0 Å². The zero-order valence-corrected chi connectivity index (χ0v) is 10.9. The van der Waals surface area contributed by atoms with Crippen LogP contribution >= 0.6 is 0 Å². The third-order valence-electron chi connectivity index (χ3n) is 5.01. The molecule has 2 saturated carbocycles. The molecule has 0 aromatic heterocycles. The van der Waals surface area contributed by atoms with Crippen molar-refractivity contribution in [3.8, 4) is 0 Å². The van der Waals surface area contributed by atoms with Gasteiger partial charge in [0.15, 0.2) is 0 Å². The van der Waals surface area contributed by atoms with Crippen LogP contribution in [0.2, 0.25) is 0 Å². The molecule has 2 aliphatic rings. The Kier molecular flexibility index (Phi) is 3.71. The van der Waals surface area contributed by atoms with E-state index >= 15 is 0 Å². The number of carbonyl (C=O) groups is 1. The van der Waals surface area contributed by atoms with Crippen LogP contribution in [0.1, 0.15) is 71.6 Å². The second-order valence-electron chi connectivity index (χ2n) is 6.13. The number of rotatable bonds is 3. The van der Waals surface area contributed by atoms with Gasteiger partial charge >= 0.3 is 0 Å². The zero-order valence-electron chi connectivity index (χ0n) is 10.9. The topological polar surface area (TPSA) is 17.1 Å². The standard InChI is InChI=1S/C15H26O/c1-3-7-13(16)14-12(2)8-6-11-15(14)9-4-5-10-15/h12,14H,3-11H2,1-2H3. The lowest BCUT2D eigenvalue weighted by molar-refractivity contribution is -0.131. The average molecular weight is 222 g/mol. The maximum atomic E-state index is 12.4. The van der Waals surface area contributed by atoms with Crippen LogP contribution < -0.4 is 0 Å². The van der Waals surface area contributed by atoms with Crippen LogP contribution in [0.3, 0.4) is 0 Å². The fourth-order valence-electron chi connectivity index (χ4n) is 4.40. The van der Waals surface area contributed by atoms with E-state index in [1.807, 2.05) is 0 Å². The molecule has 0 aromatic rings. The van der Waals surface area contributed by atoms with Crippen molar-refractivity contribution in [3.63, 3.8) is 0 Å². The summed E-state index contributed by atoms with van der Waals surface area (Å²) >= 11 is 0. The van der Waals surface area contributed by atoms with Crippen LogP contribution in [0.15, 0.2) is 0 Å². The fourth-order valence-corrected chi connectivity index (χ4v) is 4.40. The lowest BCUT2D eigenvalue weighted by Gasteiger charge is -2.44. The summed E-state index contributed by atoms with van der Waals surface area (Å²) < 4.78 is 0. The minimum Gasteiger partial charge on any atom is -0.299 e. The summed E-state index contributed by atoms with van der Waals surface area (Å²) in [6, 6.07) is 0. The highest BCUT2D eigenvalue weighted by Gasteiger charge is 2.48. The molecule has 0 N–H and O–H groups in total. The van der Waals surface area contributed by atoms with Gasteiger partial charge in [-0.1, -0.05) is 33.1 Å². The van der Waals surface area contributed by atoms with Gasteiger partial charge in [0.25, 0.3) is 0 Å². The highest BCUT2D eigenvalue weighted by Crippen LogP contribution is 2.54. The Hall–Kier alpha value is -0.330. The van der Waals surface area contributed by atoms with E-state index in [1.165, 1.54) is 44.9 Å². The second-order valence-corrected chi connectivity index (χ2v) is 6.13. The Morgan fingerprint density at radius 3 is 2.44 bits per heavy atom. The SMILES string of the molecule is CCCC(=O)C1C(C)CCCC12CCCC2. The van der Waals surface area contributed by atoms with Gasteiger partial charge < -0.3 is 0 Å². The lowest BCUT2D eigenvalue weighted by atomic mass is 9.59. The normalized spacial score (nSPS) is 33.1. The van der Waals surface area contributed by atoms with Crippen LogP contribution in [0, 0.1) is 17.3 Å². The van der Waals surface area contributed by atoms with Crippen molar-refractivity contribution in [1.29, 1.82) is 0 Å². The summed E-state index contributed by atoms with van der Waals surface area (Å²) in [6.07, 6.45) is 11.2. The van der Waals surface area contributed by atoms with E-state index in [4.69, 9.17) is 0 Å². The molecule has 0 amide bonds. The Morgan fingerprint density at radius 1 is 1.19 bits per heavy atom. The van der Waals surface area contributed by atoms with Crippen molar-refractivity contribution in [2.24, 2.45) is 17.3 Å². The molecule has 1 nitrogen and oxygen atoms in total. The summed E-state index contributed by atoms with van der Waals surface area (Å²) in [5, 5.41) is 0. The van der Waals surface area contributed by atoms with Gasteiger partial charge in [0.2, 0.25) is 0 Å². The van der Waals surface area contributed by atoms with Gasteiger partial charge in [-0.25, -0.2) is 0 Å². The van der Waals surface area contributed by atoms with E-state index in [1.54, 1.807) is 0 Å². The quantitative estimate of drug-likeness (QED) is 0.693. The molecular formula is C15H26O. The molecule has 2 unspecified atom stereocenters. The third-order valence-corrected chi connectivity index (χ3v) is 5.01. The minimum absolute atomic E-state index is 0.406. The number of carbonyl (C=O) groups excluding carboxylic acids is 1. The molecule has 1 spiro atoms. The first-order valence-electron chi connectivity index (χ1n) is 7.22. The smallest absolute Gasteiger partial charge is 0.136 e. The number of hydrogen-bond donors (Lipinski definition) is 0. The van der Waals surface area contributed by atoms with Crippen molar-refractivity contribution < 1.29 is 4.79 Å². The molecule has 0 heterocycles. The van der Waals surface area contributed by atoms with Gasteiger partial charge in [-0.05, 0) is 43.4 Å². The molecule has 2 rings (SSSR count). The summed E-state index contributed by atoms with van der Waals surface area (Å²) in [6.45, 7) is 4.45. The highest BCUT2D eigenvalue weighted by atomic mass is 16.1. The predicted octanol–water partition coefficient (Wildman–Crippen LogP) is 4.35. The molecule has 1 heteroatoms. The Balaban J connectivity index is 2.17. The van der Waals surface area contributed by atoms with Gasteiger partial charge in [-0.2, -0.15) is 0 Å². The first-order valence-corrected chi connectivity index (χ1v) is 7.22. The summed E-state index contributed by atoms with van der Waals surface area (Å²) in [4.78, 5) is 12.4. The molecule has 2 fully saturated rings. The predicted molar refractivity (Wildman–Crippen MR) is 67.3 cm³/mol. The van der Waals surface area contributed by atoms with Crippen LogP contribution in [0.4, 0.5) is 0 Å². The van der Waals surface area contributed by atoms with E-state index < -0.39 is 0 Å². The second kappa shape index (κ2) is 4.89. The van der Waals surface area contributed by atoms with Crippen molar-refractivity contribution >= 4 is 5.78 Å². The van der Waals surface area contributed by atoms with E-state index in [2.05, 4.69) is 13.8 Å². The number of Topliss-reactive ketones (excluding diaryl/α,β-unsaturated/α-hetero) is 1. The van der Waals surface area contributed by atoms with Crippen molar-refractivity contribution in [2.45, 2.75) is 71.6 Å². The van der Waals surface area contributed by atoms with Gasteiger partial charge in [-0.15, -0.1) is 0 Å². The van der Waals surface area contributed by atoms with Crippen LogP contribution in [0.25, 0.3) is 0 Å². The molecule has 92 valence electrons. The molecule has 16 heavy (non-hydrogen) atoms. The Morgan fingerprint density at radius 2 is 1.81 bits per heavy atom. The number of hydrogen-bond acceptors (Lipinski definition) is 1. The third kappa shape index (κ3) is 2.06. The van der Waals surface area contributed by atoms with E-state index in [-0.39, 0.29) is 0 Å². The molecule has 0 aromatic carbocycles. The van der Waals surface area contributed by atoms with Gasteiger partial charge in [0.1, 0.15) is 5.78 Å². The van der Waals surface area contributed by atoms with Crippen molar-refractivity contribution in [2.75, 3.05) is 0 Å². The van der Waals surface area contributed by atoms with Gasteiger partial charge in [0.05, 0.1) is 0 Å². The monoisotopic (exact) mass is 222 g/mol. The first-order chi connectivity index (χ1) is 7.69. The fraction of sp³-hybridized carbons (Fsp3) is 0.933. The minimum atomic E-state index is 0.406. The molecular weight excluding hydrogens is 196 g/mol. The summed E-state index contributed by atoms with van der Waals surface area (Å²) in [7, 11) is 0. The highest BCUT2D eigenvalue weighted by molar-refractivity contribution is 5.82. The van der Waals surface area contributed by atoms with Crippen LogP contribution in [-0.2, 0) is 4.79 Å². The summed E-state index contributed by atoms with van der Waals surface area (Å²) in [5.74, 6) is 1.63. The molecule has 2 atom stereocenters. The summed E-state index contributed by atoms with van der Waals surface area (Å²) in [5.41, 5.74) is 0.434. The van der Waals surface area contributed by atoms with Crippen LogP contribution in [-0.4, -0.2) is 5.78 Å². The molecule has 0 radical (unpaired) electrons.